The molecule has 4 nitrogen and oxygen atoms in total. The maximum Gasteiger partial charge on any atom is 0.162 e. The van der Waals surface area contributed by atoms with E-state index in [0.29, 0.717) is 6.04 Å². The van der Waals surface area contributed by atoms with Crippen LogP contribution in [-0.4, -0.2) is 4.98 Å². The van der Waals surface area contributed by atoms with Gasteiger partial charge >= 0.3 is 0 Å². The zero-order valence-electron chi connectivity index (χ0n) is 14.3. The molecule has 0 aliphatic heterocycles. The SMILES string of the molecule is Cc1cc2c(o1)CC(C)(C)CC2NCc1csc(-c2ccco2)n1. The molecule has 1 N–H and O–H groups in total. The summed E-state index contributed by atoms with van der Waals surface area (Å²) in [6.45, 7) is 7.39. The Bertz CT molecular complexity index is 830. The van der Waals surface area contributed by atoms with E-state index in [0.717, 1.165) is 47.4 Å². The highest BCUT2D eigenvalue weighted by atomic mass is 32.1. The van der Waals surface area contributed by atoms with Gasteiger partial charge in [0.25, 0.3) is 0 Å². The maximum absolute atomic E-state index is 5.91. The number of hydrogen-bond donors (Lipinski definition) is 1. The van der Waals surface area contributed by atoms with Crippen LogP contribution in [0.2, 0.25) is 0 Å². The van der Waals surface area contributed by atoms with Gasteiger partial charge < -0.3 is 14.2 Å². The molecule has 3 heterocycles. The summed E-state index contributed by atoms with van der Waals surface area (Å²) in [5.74, 6) is 2.96. The third-order valence-electron chi connectivity index (χ3n) is 4.55. The van der Waals surface area contributed by atoms with Gasteiger partial charge in [0.2, 0.25) is 0 Å². The highest BCUT2D eigenvalue weighted by Gasteiger charge is 2.34. The monoisotopic (exact) mass is 342 g/mol. The molecule has 3 aromatic heterocycles. The first kappa shape index (κ1) is 15.7. The second-order valence-corrected chi connectivity index (χ2v) is 8.19. The normalized spacial score (nSPS) is 19.4. The van der Waals surface area contributed by atoms with Crippen molar-refractivity contribution >= 4 is 11.3 Å². The lowest BCUT2D eigenvalue weighted by atomic mass is 9.74. The van der Waals surface area contributed by atoms with Crippen LogP contribution in [0.1, 0.15) is 49.1 Å². The topological polar surface area (TPSA) is 51.2 Å². The molecule has 0 amide bonds. The van der Waals surface area contributed by atoms with Crippen molar-refractivity contribution in [3.63, 3.8) is 0 Å². The molecule has 0 saturated carbocycles. The number of aromatic nitrogens is 1. The fraction of sp³-hybridized carbons (Fsp3) is 0.421. The van der Waals surface area contributed by atoms with Crippen molar-refractivity contribution in [1.82, 2.24) is 10.3 Å². The van der Waals surface area contributed by atoms with Gasteiger partial charge in [-0.2, -0.15) is 0 Å². The van der Waals surface area contributed by atoms with Crippen molar-refractivity contribution < 1.29 is 8.83 Å². The van der Waals surface area contributed by atoms with Crippen molar-refractivity contribution in [2.75, 3.05) is 0 Å². The molecular weight excluding hydrogens is 320 g/mol. The number of nitrogens with zero attached hydrogens (tertiary/aromatic N) is 1. The Balaban J connectivity index is 1.49. The molecule has 1 aliphatic rings. The molecule has 24 heavy (non-hydrogen) atoms. The lowest BCUT2D eigenvalue weighted by Crippen LogP contribution is -2.32. The highest BCUT2D eigenvalue weighted by Crippen LogP contribution is 2.42. The Kier molecular flexibility index (Phi) is 3.85. The molecule has 1 unspecified atom stereocenters. The molecule has 0 bridgehead atoms. The molecule has 3 aromatic rings. The van der Waals surface area contributed by atoms with Crippen LogP contribution >= 0.6 is 11.3 Å². The molecule has 0 fully saturated rings. The quantitative estimate of drug-likeness (QED) is 0.716. The number of nitrogens with one attached hydrogen (secondary N) is 1. The molecule has 5 heteroatoms. The summed E-state index contributed by atoms with van der Waals surface area (Å²) in [4.78, 5) is 4.67. The lowest BCUT2D eigenvalue weighted by molar-refractivity contribution is 0.233. The average molecular weight is 342 g/mol. The van der Waals surface area contributed by atoms with Crippen LogP contribution in [0, 0.1) is 12.3 Å². The molecule has 0 aromatic carbocycles. The van der Waals surface area contributed by atoms with E-state index in [1.165, 1.54) is 5.56 Å². The van der Waals surface area contributed by atoms with Crippen LogP contribution < -0.4 is 5.32 Å². The van der Waals surface area contributed by atoms with Gasteiger partial charge in [-0.3, -0.25) is 0 Å². The first-order valence-corrected chi connectivity index (χ1v) is 9.19. The van der Waals surface area contributed by atoms with Crippen molar-refractivity contribution in [1.29, 1.82) is 0 Å². The van der Waals surface area contributed by atoms with Gasteiger partial charge in [0, 0.05) is 30.0 Å². The molecule has 1 aliphatic carbocycles. The molecule has 0 saturated heterocycles. The van der Waals surface area contributed by atoms with Gasteiger partial charge in [-0.25, -0.2) is 4.98 Å². The van der Waals surface area contributed by atoms with Gasteiger partial charge in [-0.15, -0.1) is 11.3 Å². The first-order valence-electron chi connectivity index (χ1n) is 8.31. The van der Waals surface area contributed by atoms with E-state index in [-0.39, 0.29) is 5.41 Å². The zero-order chi connectivity index (χ0) is 16.7. The number of rotatable bonds is 4. The van der Waals surface area contributed by atoms with E-state index in [4.69, 9.17) is 8.83 Å². The van der Waals surface area contributed by atoms with E-state index in [2.05, 4.69) is 35.6 Å². The van der Waals surface area contributed by atoms with E-state index < -0.39 is 0 Å². The first-order chi connectivity index (χ1) is 11.5. The molecule has 1 atom stereocenters. The fourth-order valence-electron chi connectivity index (χ4n) is 3.50. The summed E-state index contributed by atoms with van der Waals surface area (Å²) in [5.41, 5.74) is 2.61. The lowest BCUT2D eigenvalue weighted by Gasteiger charge is -2.34. The van der Waals surface area contributed by atoms with E-state index in [9.17, 15) is 0 Å². The molecule has 0 radical (unpaired) electrons. The van der Waals surface area contributed by atoms with E-state index in [1.807, 2.05) is 19.1 Å². The Labute approximate surface area is 145 Å². The second kappa shape index (κ2) is 5.90. The minimum Gasteiger partial charge on any atom is -0.466 e. The van der Waals surface area contributed by atoms with Crippen LogP contribution in [0.4, 0.5) is 0 Å². The Hall–Kier alpha value is -1.85. The summed E-state index contributed by atoms with van der Waals surface area (Å²) in [6.07, 6.45) is 3.80. The van der Waals surface area contributed by atoms with Crippen molar-refractivity contribution in [2.24, 2.45) is 5.41 Å². The molecule has 126 valence electrons. The van der Waals surface area contributed by atoms with Gasteiger partial charge in [-0.1, -0.05) is 13.8 Å². The van der Waals surface area contributed by atoms with Gasteiger partial charge in [0.05, 0.1) is 12.0 Å². The average Bonchev–Trinajstić information content (AvgIpc) is 3.23. The number of thiazole rings is 1. The Morgan fingerprint density at radius 2 is 2.29 bits per heavy atom. The second-order valence-electron chi connectivity index (χ2n) is 7.34. The van der Waals surface area contributed by atoms with E-state index in [1.54, 1.807) is 17.6 Å². The minimum absolute atomic E-state index is 0.246. The van der Waals surface area contributed by atoms with Crippen molar-refractivity contribution in [3.8, 4) is 10.8 Å². The Morgan fingerprint density at radius 1 is 1.42 bits per heavy atom. The summed E-state index contributed by atoms with van der Waals surface area (Å²) in [5, 5.41) is 6.70. The summed E-state index contributed by atoms with van der Waals surface area (Å²) in [7, 11) is 0. The van der Waals surface area contributed by atoms with E-state index >= 15 is 0 Å². The molecule has 0 spiro atoms. The standard InChI is InChI=1S/C19H22N2O2S/c1-12-7-14-15(8-19(2,3)9-17(14)23-12)20-10-13-11-24-18(21-13)16-5-4-6-22-16/h4-7,11,15,20H,8-10H2,1-3H3. The third-order valence-corrected chi connectivity index (χ3v) is 5.46. The summed E-state index contributed by atoms with van der Waals surface area (Å²) < 4.78 is 11.3. The van der Waals surface area contributed by atoms with Crippen LogP contribution in [0.15, 0.2) is 38.7 Å². The van der Waals surface area contributed by atoms with Gasteiger partial charge in [0.15, 0.2) is 10.8 Å². The largest absolute Gasteiger partial charge is 0.466 e. The summed E-state index contributed by atoms with van der Waals surface area (Å²) >= 11 is 1.62. The number of fused-ring (bicyclic) bond motifs is 1. The van der Waals surface area contributed by atoms with Crippen LogP contribution in [0.3, 0.4) is 0 Å². The maximum atomic E-state index is 5.91. The zero-order valence-corrected chi connectivity index (χ0v) is 15.1. The smallest absolute Gasteiger partial charge is 0.162 e. The minimum atomic E-state index is 0.246. The highest BCUT2D eigenvalue weighted by molar-refractivity contribution is 7.13. The predicted molar refractivity (Wildman–Crippen MR) is 94.9 cm³/mol. The molecular formula is C19H22N2O2S. The van der Waals surface area contributed by atoms with Crippen LogP contribution in [-0.2, 0) is 13.0 Å². The van der Waals surface area contributed by atoms with Crippen molar-refractivity contribution in [2.45, 2.75) is 46.2 Å². The van der Waals surface area contributed by atoms with Gasteiger partial charge in [0.1, 0.15) is 11.5 Å². The number of furan rings is 2. The fourth-order valence-corrected chi connectivity index (χ4v) is 4.28. The molecule has 4 rings (SSSR count). The predicted octanol–water partition coefficient (Wildman–Crippen LogP) is 5.11. The number of aryl methyl sites for hydroxylation is 1. The number of hydrogen-bond acceptors (Lipinski definition) is 5. The van der Waals surface area contributed by atoms with Gasteiger partial charge in [-0.05, 0) is 37.0 Å². The van der Waals surface area contributed by atoms with Crippen LogP contribution in [0.5, 0.6) is 0 Å². The van der Waals surface area contributed by atoms with Crippen molar-refractivity contribution in [3.05, 3.63) is 52.6 Å². The van der Waals surface area contributed by atoms with Crippen LogP contribution in [0.25, 0.3) is 10.8 Å². The Morgan fingerprint density at radius 3 is 3.08 bits per heavy atom. The summed E-state index contributed by atoms with van der Waals surface area (Å²) in [6, 6.07) is 6.33. The third kappa shape index (κ3) is 3.06.